The zero-order chi connectivity index (χ0) is 17.4. The Labute approximate surface area is 142 Å². The number of amides is 1. The topological polar surface area (TPSA) is 45.2 Å². The molecule has 0 bridgehead atoms. The molecule has 128 valence electrons. The van der Waals surface area contributed by atoms with E-state index >= 15 is 0 Å². The number of hydrogen-bond donors (Lipinski definition) is 1. The third-order valence-electron chi connectivity index (χ3n) is 3.72. The lowest BCUT2D eigenvalue weighted by Gasteiger charge is -2.22. The number of aromatic nitrogens is 1. The highest BCUT2D eigenvalue weighted by atomic mass is 19.1. The summed E-state index contributed by atoms with van der Waals surface area (Å²) in [5, 5.41) is 2.72. The maximum absolute atomic E-state index is 13.6. The van der Waals surface area contributed by atoms with Crippen LogP contribution < -0.4 is 10.2 Å². The summed E-state index contributed by atoms with van der Waals surface area (Å²) in [6.45, 7) is 6.31. The molecule has 1 aromatic heterocycles. The number of anilines is 1. The molecule has 2 aromatic rings. The number of pyridine rings is 1. The molecule has 0 saturated carbocycles. The smallest absolute Gasteiger partial charge is 0.253 e. The second-order valence-corrected chi connectivity index (χ2v) is 5.67. The largest absolute Gasteiger partial charge is 0.357 e. The van der Waals surface area contributed by atoms with Crippen molar-refractivity contribution >= 4 is 11.7 Å². The van der Waals surface area contributed by atoms with Crippen LogP contribution in [0.15, 0.2) is 42.6 Å². The first-order chi connectivity index (χ1) is 11.7. The zero-order valence-electron chi connectivity index (χ0n) is 14.3. The van der Waals surface area contributed by atoms with Gasteiger partial charge >= 0.3 is 0 Å². The number of nitrogens with one attached hydrogen (secondary N) is 1. The van der Waals surface area contributed by atoms with Gasteiger partial charge in [0, 0.05) is 31.4 Å². The average Bonchev–Trinajstić information content (AvgIpc) is 2.61. The van der Waals surface area contributed by atoms with Gasteiger partial charge in [-0.3, -0.25) is 4.79 Å². The van der Waals surface area contributed by atoms with Crippen LogP contribution in [-0.4, -0.2) is 24.0 Å². The maximum Gasteiger partial charge on any atom is 0.253 e. The van der Waals surface area contributed by atoms with Crippen LogP contribution in [0.25, 0.3) is 0 Å². The molecule has 0 aliphatic heterocycles. The van der Waals surface area contributed by atoms with Crippen molar-refractivity contribution in [2.24, 2.45) is 0 Å². The molecule has 1 heterocycles. The van der Waals surface area contributed by atoms with Crippen molar-refractivity contribution in [1.29, 1.82) is 0 Å². The van der Waals surface area contributed by atoms with E-state index in [0.29, 0.717) is 11.1 Å². The lowest BCUT2D eigenvalue weighted by molar-refractivity contribution is 0.0950. The van der Waals surface area contributed by atoms with Gasteiger partial charge in [0.15, 0.2) is 0 Å². The van der Waals surface area contributed by atoms with Crippen molar-refractivity contribution in [2.45, 2.75) is 33.2 Å². The molecule has 0 spiro atoms. The molecule has 0 aliphatic rings. The first-order valence-electron chi connectivity index (χ1n) is 8.38. The second kappa shape index (κ2) is 9.01. The number of benzene rings is 1. The van der Waals surface area contributed by atoms with Gasteiger partial charge in [-0.2, -0.15) is 0 Å². The predicted octanol–water partition coefficient (Wildman–Crippen LogP) is 3.78. The first kappa shape index (κ1) is 17.9. The second-order valence-electron chi connectivity index (χ2n) is 5.67. The quantitative estimate of drug-likeness (QED) is 0.802. The minimum absolute atomic E-state index is 0.158. The van der Waals surface area contributed by atoms with E-state index in [2.05, 4.69) is 29.0 Å². The SMILES string of the molecule is CCCN(CCC)c1ccc(C(=O)NCc2ccccc2F)cn1. The Hall–Kier alpha value is -2.43. The van der Waals surface area contributed by atoms with E-state index in [9.17, 15) is 9.18 Å². The van der Waals surface area contributed by atoms with Crippen molar-refractivity contribution in [2.75, 3.05) is 18.0 Å². The van der Waals surface area contributed by atoms with Gasteiger partial charge in [0.05, 0.1) is 5.56 Å². The molecule has 0 unspecified atom stereocenters. The molecule has 0 fully saturated rings. The van der Waals surface area contributed by atoms with E-state index in [-0.39, 0.29) is 18.3 Å². The average molecular weight is 329 g/mol. The van der Waals surface area contributed by atoms with Crippen LogP contribution in [0.5, 0.6) is 0 Å². The Kier molecular flexibility index (Phi) is 6.73. The molecule has 0 saturated heterocycles. The standard InChI is InChI=1S/C19H24FN3O/c1-3-11-23(12-4-2)18-10-9-16(14-21-18)19(24)22-13-15-7-5-6-8-17(15)20/h5-10,14H,3-4,11-13H2,1-2H3,(H,22,24). The van der Waals surface area contributed by atoms with Gasteiger partial charge in [-0.25, -0.2) is 9.37 Å². The Morgan fingerprint density at radius 2 is 1.83 bits per heavy atom. The Balaban J connectivity index is 1.99. The Bertz CT molecular complexity index is 652. The summed E-state index contributed by atoms with van der Waals surface area (Å²) in [6, 6.07) is 10.0. The third kappa shape index (κ3) is 4.78. The van der Waals surface area contributed by atoms with Gasteiger partial charge in [0.1, 0.15) is 11.6 Å². The molecule has 0 aliphatic carbocycles. The minimum Gasteiger partial charge on any atom is -0.357 e. The number of carbonyl (C=O) groups excluding carboxylic acids is 1. The van der Waals surface area contributed by atoms with E-state index in [1.54, 1.807) is 30.5 Å². The molecule has 24 heavy (non-hydrogen) atoms. The number of hydrogen-bond acceptors (Lipinski definition) is 3. The highest BCUT2D eigenvalue weighted by molar-refractivity contribution is 5.94. The van der Waals surface area contributed by atoms with Crippen LogP contribution >= 0.6 is 0 Å². The van der Waals surface area contributed by atoms with Crippen LogP contribution in [0.1, 0.15) is 42.6 Å². The summed E-state index contributed by atoms with van der Waals surface area (Å²) in [5.74, 6) is 0.306. The summed E-state index contributed by atoms with van der Waals surface area (Å²) < 4.78 is 13.6. The van der Waals surface area contributed by atoms with Gasteiger partial charge in [0.2, 0.25) is 0 Å². The molecule has 4 nitrogen and oxygen atoms in total. The lowest BCUT2D eigenvalue weighted by atomic mass is 10.2. The number of nitrogens with zero attached hydrogens (tertiary/aromatic N) is 2. The highest BCUT2D eigenvalue weighted by Gasteiger charge is 2.10. The summed E-state index contributed by atoms with van der Waals surface area (Å²) in [4.78, 5) is 18.8. The highest BCUT2D eigenvalue weighted by Crippen LogP contribution is 2.13. The number of halogens is 1. The molecular weight excluding hydrogens is 305 g/mol. The Morgan fingerprint density at radius 3 is 2.42 bits per heavy atom. The predicted molar refractivity (Wildman–Crippen MR) is 94.6 cm³/mol. The molecule has 1 amide bonds. The van der Waals surface area contributed by atoms with Gasteiger partial charge in [-0.15, -0.1) is 0 Å². The molecule has 0 radical (unpaired) electrons. The van der Waals surface area contributed by atoms with Gasteiger partial charge in [0.25, 0.3) is 5.91 Å². The van der Waals surface area contributed by atoms with Crippen molar-refractivity contribution in [1.82, 2.24) is 10.3 Å². The van der Waals surface area contributed by atoms with E-state index < -0.39 is 0 Å². The fraction of sp³-hybridized carbons (Fsp3) is 0.368. The van der Waals surface area contributed by atoms with Gasteiger partial charge in [-0.05, 0) is 31.0 Å². The molecular formula is C19H24FN3O. The molecule has 2 rings (SSSR count). The van der Waals surface area contributed by atoms with Crippen molar-refractivity contribution in [3.8, 4) is 0 Å². The lowest BCUT2D eigenvalue weighted by Crippen LogP contribution is -2.26. The zero-order valence-corrected chi connectivity index (χ0v) is 14.3. The van der Waals surface area contributed by atoms with Crippen LogP contribution in [0.4, 0.5) is 10.2 Å². The normalized spacial score (nSPS) is 10.5. The van der Waals surface area contributed by atoms with Crippen LogP contribution in [0, 0.1) is 5.82 Å². The fourth-order valence-electron chi connectivity index (χ4n) is 2.51. The third-order valence-corrected chi connectivity index (χ3v) is 3.72. The van der Waals surface area contributed by atoms with E-state index in [4.69, 9.17) is 0 Å². The molecule has 5 heteroatoms. The van der Waals surface area contributed by atoms with Gasteiger partial charge in [-0.1, -0.05) is 32.0 Å². The van der Waals surface area contributed by atoms with Crippen molar-refractivity contribution in [3.05, 3.63) is 59.5 Å². The van der Waals surface area contributed by atoms with E-state index in [1.807, 2.05) is 6.07 Å². The summed E-state index contributed by atoms with van der Waals surface area (Å²) in [6.07, 6.45) is 3.67. The molecule has 0 atom stereocenters. The summed E-state index contributed by atoms with van der Waals surface area (Å²) in [7, 11) is 0. The fourth-order valence-corrected chi connectivity index (χ4v) is 2.51. The summed E-state index contributed by atoms with van der Waals surface area (Å²) in [5.41, 5.74) is 0.940. The first-order valence-corrected chi connectivity index (χ1v) is 8.38. The minimum atomic E-state index is -0.318. The van der Waals surface area contributed by atoms with E-state index in [1.165, 1.54) is 6.07 Å². The van der Waals surface area contributed by atoms with Crippen LogP contribution in [0.2, 0.25) is 0 Å². The van der Waals surface area contributed by atoms with Crippen LogP contribution in [0.3, 0.4) is 0 Å². The van der Waals surface area contributed by atoms with Crippen molar-refractivity contribution in [3.63, 3.8) is 0 Å². The molecule has 1 N–H and O–H groups in total. The van der Waals surface area contributed by atoms with Gasteiger partial charge < -0.3 is 10.2 Å². The van der Waals surface area contributed by atoms with E-state index in [0.717, 1.165) is 31.7 Å². The Morgan fingerprint density at radius 1 is 1.12 bits per heavy atom. The molecule has 1 aromatic carbocycles. The monoisotopic (exact) mass is 329 g/mol. The summed E-state index contributed by atoms with van der Waals surface area (Å²) >= 11 is 0. The maximum atomic E-state index is 13.6. The number of rotatable bonds is 8. The van der Waals surface area contributed by atoms with Crippen LogP contribution in [-0.2, 0) is 6.54 Å². The van der Waals surface area contributed by atoms with Crippen molar-refractivity contribution < 1.29 is 9.18 Å². The number of carbonyl (C=O) groups is 1.